The molecule has 21 heavy (non-hydrogen) atoms. The average Bonchev–Trinajstić information content (AvgIpc) is 2.47. The topological polar surface area (TPSA) is 91.3 Å². The molecule has 108 valence electrons. The molecule has 0 radical (unpaired) electrons. The third-order valence-corrected chi connectivity index (χ3v) is 2.48. The maximum Gasteiger partial charge on any atom is 0.346 e. The van der Waals surface area contributed by atoms with Gasteiger partial charge in [-0.25, -0.2) is 9.97 Å². The van der Waals surface area contributed by atoms with E-state index in [0.717, 1.165) is 0 Å². The smallest absolute Gasteiger partial charge is 0.346 e. The van der Waals surface area contributed by atoms with Gasteiger partial charge in [0.2, 0.25) is 5.82 Å². The zero-order valence-electron chi connectivity index (χ0n) is 11.5. The van der Waals surface area contributed by atoms with Crippen molar-refractivity contribution < 1.29 is 19.1 Å². The maximum absolute atomic E-state index is 11.5. The molecule has 2 aromatic rings. The van der Waals surface area contributed by atoms with Gasteiger partial charge in [-0.3, -0.25) is 14.6 Å². The van der Waals surface area contributed by atoms with Crippen LogP contribution in [0.3, 0.4) is 0 Å². The van der Waals surface area contributed by atoms with Crippen LogP contribution in [0, 0.1) is 0 Å². The number of carbonyl (C=O) groups excluding carboxylic acids is 2. The summed E-state index contributed by atoms with van der Waals surface area (Å²) in [7, 11) is 0. The van der Waals surface area contributed by atoms with Crippen molar-refractivity contribution >= 4 is 11.9 Å². The summed E-state index contributed by atoms with van der Waals surface area (Å²) in [6.45, 7) is 2.41. The van der Waals surface area contributed by atoms with E-state index >= 15 is 0 Å². The molecule has 0 saturated carbocycles. The van der Waals surface area contributed by atoms with Crippen LogP contribution in [-0.4, -0.2) is 26.9 Å². The van der Waals surface area contributed by atoms with Crippen molar-refractivity contribution in [2.45, 2.75) is 19.6 Å². The van der Waals surface area contributed by atoms with E-state index in [0.29, 0.717) is 5.56 Å². The van der Waals surface area contributed by atoms with Gasteiger partial charge in [-0.15, -0.1) is 0 Å². The second-order valence-electron chi connectivity index (χ2n) is 4.12. The first kappa shape index (κ1) is 14.6. The van der Waals surface area contributed by atoms with E-state index in [-0.39, 0.29) is 5.82 Å². The van der Waals surface area contributed by atoms with E-state index in [2.05, 4.69) is 15.0 Å². The monoisotopic (exact) mass is 287 g/mol. The first-order valence-electron chi connectivity index (χ1n) is 6.12. The van der Waals surface area contributed by atoms with E-state index in [1.54, 1.807) is 24.4 Å². The highest BCUT2D eigenvalue weighted by Gasteiger charge is 2.45. The minimum Gasteiger partial charge on any atom is -0.411 e. The molecular formula is C14H13N3O4. The molecule has 2 rings (SSSR count). The molecular weight excluding hydrogens is 274 g/mol. The number of carbonyl (C=O) groups is 2. The van der Waals surface area contributed by atoms with E-state index in [1.165, 1.54) is 32.4 Å². The summed E-state index contributed by atoms with van der Waals surface area (Å²) in [5, 5.41) is 0. The Morgan fingerprint density at radius 1 is 1.00 bits per heavy atom. The minimum absolute atomic E-state index is 0.0309. The average molecular weight is 287 g/mol. The van der Waals surface area contributed by atoms with Gasteiger partial charge in [-0.05, 0) is 18.2 Å². The molecule has 2 heterocycles. The molecule has 0 bridgehead atoms. The molecule has 2 aromatic heterocycles. The molecule has 0 aliphatic rings. The predicted molar refractivity (Wildman–Crippen MR) is 70.6 cm³/mol. The molecule has 0 spiro atoms. The second-order valence-corrected chi connectivity index (χ2v) is 4.12. The van der Waals surface area contributed by atoms with E-state index in [1.807, 2.05) is 0 Å². The predicted octanol–water partition coefficient (Wildman–Crippen LogP) is 1.20. The number of aromatic nitrogens is 3. The summed E-state index contributed by atoms with van der Waals surface area (Å²) in [6, 6.07) is 4.83. The molecule has 0 fully saturated rings. The van der Waals surface area contributed by atoms with E-state index in [9.17, 15) is 9.59 Å². The Morgan fingerprint density at radius 3 is 2.10 bits per heavy atom. The molecule has 0 aromatic carbocycles. The molecule has 7 nitrogen and oxygen atoms in total. The van der Waals surface area contributed by atoms with Crippen LogP contribution in [-0.2, 0) is 24.8 Å². The van der Waals surface area contributed by atoms with Crippen LogP contribution in [0.25, 0.3) is 0 Å². The maximum atomic E-state index is 11.5. The third kappa shape index (κ3) is 3.19. The lowest BCUT2D eigenvalue weighted by molar-refractivity contribution is -0.218. The molecule has 0 atom stereocenters. The lowest BCUT2D eigenvalue weighted by Crippen LogP contribution is -2.39. The largest absolute Gasteiger partial charge is 0.411 e. The molecule has 0 aliphatic carbocycles. The van der Waals surface area contributed by atoms with Gasteiger partial charge in [0.25, 0.3) is 0 Å². The van der Waals surface area contributed by atoms with E-state index < -0.39 is 17.7 Å². The van der Waals surface area contributed by atoms with Crippen LogP contribution < -0.4 is 0 Å². The van der Waals surface area contributed by atoms with Crippen molar-refractivity contribution in [3.8, 4) is 0 Å². The number of hydrogen-bond acceptors (Lipinski definition) is 7. The molecule has 0 N–H and O–H groups in total. The summed E-state index contributed by atoms with van der Waals surface area (Å²) in [5.41, 5.74) is 0.335. The highest BCUT2D eigenvalue weighted by molar-refractivity contribution is 5.70. The lowest BCUT2D eigenvalue weighted by Gasteiger charge is -2.30. The van der Waals surface area contributed by atoms with Gasteiger partial charge in [0.1, 0.15) is 0 Å². The zero-order chi connectivity index (χ0) is 15.3. The fourth-order valence-corrected chi connectivity index (χ4v) is 1.79. The molecule has 0 unspecified atom stereocenters. The van der Waals surface area contributed by atoms with Crippen molar-refractivity contribution in [1.82, 2.24) is 15.0 Å². The number of ether oxygens (including phenoxy) is 2. The summed E-state index contributed by atoms with van der Waals surface area (Å²) in [6.07, 6.45) is 5.88. The highest BCUT2D eigenvalue weighted by Crippen LogP contribution is 2.32. The van der Waals surface area contributed by atoms with Gasteiger partial charge in [0.15, 0.2) is 0 Å². The molecule has 7 heteroatoms. The standard InChI is InChI=1S/C14H13N3O4/c1-10(18)20-14(21-11(2)19,12-5-3-6-15-9-12)13-16-7-4-8-17-13/h3-9H,1-2H3. The quantitative estimate of drug-likeness (QED) is 0.616. The third-order valence-electron chi connectivity index (χ3n) is 2.48. The van der Waals surface area contributed by atoms with Crippen LogP contribution in [0.4, 0.5) is 0 Å². The first-order chi connectivity index (χ1) is 10.0. The molecule has 0 aliphatic heterocycles. The minimum atomic E-state index is -1.85. The zero-order valence-corrected chi connectivity index (χ0v) is 11.5. The van der Waals surface area contributed by atoms with Crippen molar-refractivity contribution in [2.75, 3.05) is 0 Å². The number of hydrogen-bond donors (Lipinski definition) is 0. The van der Waals surface area contributed by atoms with Crippen LogP contribution in [0.15, 0.2) is 43.0 Å². The Labute approximate surface area is 121 Å². The van der Waals surface area contributed by atoms with Crippen LogP contribution in [0.2, 0.25) is 0 Å². The van der Waals surface area contributed by atoms with Gasteiger partial charge in [-0.2, -0.15) is 0 Å². The fraction of sp³-hybridized carbons (Fsp3) is 0.214. The Morgan fingerprint density at radius 2 is 1.62 bits per heavy atom. The van der Waals surface area contributed by atoms with E-state index in [4.69, 9.17) is 9.47 Å². The van der Waals surface area contributed by atoms with Crippen molar-refractivity contribution in [2.24, 2.45) is 0 Å². The summed E-state index contributed by atoms with van der Waals surface area (Å²) in [5.74, 6) is -3.11. The lowest BCUT2D eigenvalue weighted by atomic mass is 10.1. The summed E-state index contributed by atoms with van der Waals surface area (Å²) < 4.78 is 10.5. The summed E-state index contributed by atoms with van der Waals surface area (Å²) in [4.78, 5) is 35.0. The van der Waals surface area contributed by atoms with Crippen molar-refractivity contribution in [3.05, 3.63) is 54.4 Å². The fourth-order valence-electron chi connectivity index (χ4n) is 1.79. The van der Waals surface area contributed by atoms with Gasteiger partial charge < -0.3 is 9.47 Å². The SMILES string of the molecule is CC(=O)OC(OC(C)=O)(c1cccnc1)c1ncccn1. The Bertz CT molecular complexity index is 574. The van der Waals surface area contributed by atoms with Gasteiger partial charge >= 0.3 is 17.7 Å². The first-order valence-corrected chi connectivity index (χ1v) is 6.12. The van der Waals surface area contributed by atoms with Crippen LogP contribution in [0.5, 0.6) is 0 Å². The number of pyridine rings is 1. The molecule has 0 saturated heterocycles. The van der Waals surface area contributed by atoms with Crippen molar-refractivity contribution in [1.29, 1.82) is 0 Å². The highest BCUT2D eigenvalue weighted by atomic mass is 16.7. The number of nitrogens with zero attached hydrogens (tertiary/aromatic N) is 3. The number of esters is 2. The van der Waals surface area contributed by atoms with Gasteiger partial charge in [-0.1, -0.05) is 0 Å². The Balaban J connectivity index is 2.64. The van der Waals surface area contributed by atoms with Crippen LogP contribution in [0.1, 0.15) is 25.2 Å². The van der Waals surface area contributed by atoms with Gasteiger partial charge in [0.05, 0.1) is 5.56 Å². The Kier molecular flexibility index (Phi) is 4.22. The number of rotatable bonds is 4. The van der Waals surface area contributed by atoms with Gasteiger partial charge in [0, 0.05) is 38.6 Å². The van der Waals surface area contributed by atoms with Crippen molar-refractivity contribution in [3.63, 3.8) is 0 Å². The summed E-state index contributed by atoms with van der Waals surface area (Å²) >= 11 is 0. The Hall–Kier alpha value is -2.83. The van der Waals surface area contributed by atoms with Crippen LogP contribution >= 0.6 is 0 Å². The second kappa shape index (κ2) is 6.08. The molecule has 0 amide bonds. The normalized spacial score (nSPS) is 10.8.